The molecule has 7 heteroatoms. The summed E-state index contributed by atoms with van der Waals surface area (Å²) in [7, 11) is 2.12. The van der Waals surface area contributed by atoms with Crippen molar-refractivity contribution in [3.8, 4) is 0 Å². The van der Waals surface area contributed by atoms with Crippen molar-refractivity contribution in [3.05, 3.63) is 47.9 Å². The lowest BCUT2D eigenvalue weighted by atomic mass is 9.82. The summed E-state index contributed by atoms with van der Waals surface area (Å²) >= 11 is 1.70. The highest BCUT2D eigenvalue weighted by atomic mass is 32.2. The van der Waals surface area contributed by atoms with E-state index in [0.717, 1.165) is 56.0 Å². The van der Waals surface area contributed by atoms with Crippen LogP contribution in [0.15, 0.2) is 35.1 Å². The summed E-state index contributed by atoms with van der Waals surface area (Å²) in [5.41, 5.74) is 2.05. The molecule has 2 aliphatic heterocycles. The van der Waals surface area contributed by atoms with E-state index in [0.29, 0.717) is 12.0 Å². The van der Waals surface area contributed by atoms with Crippen molar-refractivity contribution in [2.75, 3.05) is 24.4 Å². The average molecular weight is 419 g/mol. The highest BCUT2D eigenvalue weighted by Crippen LogP contribution is 2.46. The van der Waals surface area contributed by atoms with Crippen LogP contribution >= 0.6 is 12.1 Å². The predicted molar refractivity (Wildman–Crippen MR) is 116 cm³/mol. The zero-order chi connectivity index (χ0) is 20.6. The molecule has 4 rings (SSSR count). The second kappa shape index (κ2) is 8.28. The quantitative estimate of drug-likeness (QED) is 0.652. The summed E-state index contributed by atoms with van der Waals surface area (Å²) in [4.78, 5) is 7.01. The number of aromatic nitrogens is 1. The third-order valence-corrected chi connectivity index (χ3v) is 7.22. The van der Waals surface area contributed by atoms with Crippen LogP contribution in [0.1, 0.15) is 45.1 Å². The summed E-state index contributed by atoms with van der Waals surface area (Å²) in [6.07, 6.45) is 4.59. The Balaban J connectivity index is 1.49. The average Bonchev–Trinajstić information content (AvgIpc) is 3.21. The fourth-order valence-corrected chi connectivity index (χ4v) is 5.91. The Morgan fingerprint density at radius 3 is 2.93 bits per heavy atom. The molecule has 1 aromatic carbocycles. The number of benzene rings is 1. The first kappa shape index (κ1) is 20.7. The second-order valence-electron chi connectivity index (χ2n) is 8.96. The molecule has 3 heterocycles. The zero-order valence-corrected chi connectivity index (χ0v) is 18.6. The summed E-state index contributed by atoms with van der Waals surface area (Å²) < 4.78 is 24.1. The lowest BCUT2D eigenvalue weighted by molar-refractivity contribution is 0.0988. The number of nitrogens with zero attached hydrogens (tertiary/aromatic N) is 4. The minimum atomic E-state index is -0.179. The van der Waals surface area contributed by atoms with Gasteiger partial charge in [-0.3, -0.25) is 9.21 Å². The number of rotatable bonds is 5. The van der Waals surface area contributed by atoms with E-state index in [1.54, 1.807) is 30.7 Å². The van der Waals surface area contributed by atoms with Crippen molar-refractivity contribution in [2.45, 2.75) is 58.2 Å². The molecular formula is C22H31FN4OS. The van der Waals surface area contributed by atoms with E-state index in [1.165, 1.54) is 6.07 Å². The molecule has 2 aliphatic rings. The number of halogens is 1. The number of likely N-dealkylation sites (N-methyl/N-ethyl adjacent to an activating group) is 1. The monoisotopic (exact) mass is 418 g/mol. The van der Waals surface area contributed by atoms with Gasteiger partial charge < -0.3 is 4.42 Å². The summed E-state index contributed by atoms with van der Waals surface area (Å²) in [6, 6.07) is 7.39. The van der Waals surface area contributed by atoms with Crippen LogP contribution in [0.4, 0.5) is 10.1 Å². The van der Waals surface area contributed by atoms with Gasteiger partial charge in [0.1, 0.15) is 11.6 Å². The normalized spacial score (nSPS) is 26.1. The van der Waals surface area contributed by atoms with Crippen molar-refractivity contribution in [2.24, 2.45) is 5.92 Å². The van der Waals surface area contributed by atoms with Gasteiger partial charge in [0.15, 0.2) is 6.39 Å². The molecule has 1 aromatic heterocycles. The molecule has 0 radical (unpaired) electrons. The molecular weight excluding hydrogens is 387 g/mol. The highest BCUT2D eigenvalue weighted by molar-refractivity contribution is 7.98. The van der Waals surface area contributed by atoms with Crippen LogP contribution in [0.2, 0.25) is 0 Å². The van der Waals surface area contributed by atoms with Gasteiger partial charge in [-0.1, -0.05) is 19.9 Å². The molecule has 5 nitrogen and oxygen atoms in total. The maximum absolute atomic E-state index is 13.9. The van der Waals surface area contributed by atoms with Crippen LogP contribution < -0.4 is 4.31 Å². The Bertz CT molecular complexity index is 844. The van der Waals surface area contributed by atoms with Crippen molar-refractivity contribution in [3.63, 3.8) is 0 Å². The third kappa shape index (κ3) is 4.32. The molecule has 0 saturated carbocycles. The first-order valence-corrected chi connectivity index (χ1v) is 11.2. The highest BCUT2D eigenvalue weighted by Gasteiger charge is 2.49. The van der Waals surface area contributed by atoms with Gasteiger partial charge in [-0.15, -0.1) is 0 Å². The van der Waals surface area contributed by atoms with Crippen LogP contribution in [0.3, 0.4) is 0 Å². The molecule has 2 saturated heterocycles. The maximum Gasteiger partial charge on any atom is 0.181 e. The van der Waals surface area contributed by atoms with E-state index in [4.69, 9.17) is 4.42 Å². The first-order chi connectivity index (χ1) is 13.9. The van der Waals surface area contributed by atoms with Gasteiger partial charge >= 0.3 is 0 Å². The number of hydrogen-bond donors (Lipinski definition) is 0. The van der Waals surface area contributed by atoms with Gasteiger partial charge in [0.25, 0.3) is 0 Å². The lowest BCUT2D eigenvalue weighted by Gasteiger charge is -2.47. The Hall–Kier alpha value is -1.57. The Morgan fingerprint density at radius 2 is 2.21 bits per heavy atom. The Morgan fingerprint density at radius 1 is 1.38 bits per heavy atom. The lowest BCUT2D eigenvalue weighted by Crippen LogP contribution is -2.56. The van der Waals surface area contributed by atoms with E-state index in [9.17, 15) is 4.39 Å². The van der Waals surface area contributed by atoms with Gasteiger partial charge in [0.2, 0.25) is 0 Å². The predicted octanol–water partition coefficient (Wildman–Crippen LogP) is 4.75. The third-order valence-electron chi connectivity index (χ3n) is 6.05. The molecule has 0 aliphatic carbocycles. The van der Waals surface area contributed by atoms with Crippen molar-refractivity contribution >= 4 is 17.8 Å². The summed E-state index contributed by atoms with van der Waals surface area (Å²) in [5, 5.41) is 0. The molecule has 2 aromatic rings. The Kier molecular flexibility index (Phi) is 5.91. The fraction of sp³-hybridized carbons (Fsp3) is 0.591. The topological polar surface area (TPSA) is 35.8 Å². The largest absolute Gasteiger partial charge is 0.448 e. The van der Waals surface area contributed by atoms with Gasteiger partial charge in [-0.2, -0.15) is 0 Å². The minimum absolute atomic E-state index is 0.0215. The fourth-order valence-electron chi connectivity index (χ4n) is 4.72. The standard InChI is InChI=1S/C22H31FN4OS/c1-16(2)10-21-20(24-15-28-21)13-26-9-8-22(12-17(26)3)14-25(4)29-27(22)19-7-5-6-18(23)11-19/h5-7,11,15-17H,8-10,12-14H2,1-4H3/t17-,22+/m0/s1. The van der Waals surface area contributed by atoms with E-state index in [-0.39, 0.29) is 11.4 Å². The van der Waals surface area contributed by atoms with E-state index in [1.807, 2.05) is 6.07 Å². The zero-order valence-electron chi connectivity index (χ0n) is 17.8. The van der Waals surface area contributed by atoms with Crippen molar-refractivity contribution in [1.82, 2.24) is 14.2 Å². The summed E-state index contributed by atoms with van der Waals surface area (Å²) in [6.45, 7) is 9.52. The molecule has 1 spiro atoms. The molecule has 0 amide bonds. The van der Waals surface area contributed by atoms with Crippen LogP contribution in [-0.2, 0) is 13.0 Å². The first-order valence-electron chi connectivity index (χ1n) is 10.5. The van der Waals surface area contributed by atoms with Gasteiger partial charge in [-0.25, -0.2) is 13.7 Å². The van der Waals surface area contributed by atoms with Crippen LogP contribution in [0.5, 0.6) is 0 Å². The molecule has 0 N–H and O–H groups in total. The Labute approximate surface area is 177 Å². The SMILES string of the molecule is CC(C)Cc1ocnc1CN1CC[C@@]2(C[C@@H]1C)CN(C)SN2c1cccc(F)c1. The molecule has 0 unspecified atom stereocenters. The second-order valence-corrected chi connectivity index (χ2v) is 10.1. The smallest absolute Gasteiger partial charge is 0.181 e. The van der Waals surface area contributed by atoms with Gasteiger partial charge in [-0.05, 0) is 50.9 Å². The van der Waals surface area contributed by atoms with Crippen LogP contribution in [0.25, 0.3) is 0 Å². The number of likely N-dealkylation sites (tertiary alicyclic amines) is 1. The van der Waals surface area contributed by atoms with Crippen LogP contribution in [-0.4, -0.2) is 45.9 Å². The number of oxazole rings is 1. The molecule has 2 atom stereocenters. The number of hydrogen-bond acceptors (Lipinski definition) is 6. The van der Waals surface area contributed by atoms with Crippen molar-refractivity contribution < 1.29 is 8.81 Å². The number of anilines is 1. The molecule has 29 heavy (non-hydrogen) atoms. The number of piperidine rings is 1. The van der Waals surface area contributed by atoms with E-state index >= 15 is 0 Å². The van der Waals surface area contributed by atoms with Gasteiger partial charge in [0.05, 0.1) is 16.9 Å². The molecule has 0 bridgehead atoms. The maximum atomic E-state index is 13.9. The van der Waals surface area contributed by atoms with Crippen molar-refractivity contribution in [1.29, 1.82) is 0 Å². The minimum Gasteiger partial charge on any atom is -0.448 e. The van der Waals surface area contributed by atoms with Gasteiger partial charge in [0, 0.05) is 44.2 Å². The van der Waals surface area contributed by atoms with E-state index in [2.05, 4.69) is 46.3 Å². The molecule has 158 valence electrons. The van der Waals surface area contributed by atoms with Crippen LogP contribution in [0, 0.1) is 11.7 Å². The van der Waals surface area contributed by atoms with E-state index < -0.39 is 0 Å². The molecule has 2 fully saturated rings. The summed E-state index contributed by atoms with van der Waals surface area (Å²) in [5.74, 6) is 1.39.